The molecule has 0 fully saturated rings. The number of carbonyl (C=O) groups is 2. The maximum atomic E-state index is 11.6. The Morgan fingerprint density at radius 1 is 1.07 bits per heavy atom. The van der Waals surface area contributed by atoms with E-state index in [1.165, 1.54) is 0 Å². The third-order valence-electron chi connectivity index (χ3n) is 3.98. The van der Waals surface area contributed by atoms with Crippen LogP contribution in [0.2, 0.25) is 0 Å². The van der Waals surface area contributed by atoms with Gasteiger partial charge < -0.3 is 25.5 Å². The Morgan fingerprint density at radius 3 is 2.03 bits per heavy atom. The first-order valence-corrected chi connectivity index (χ1v) is 9.07. The van der Waals surface area contributed by atoms with E-state index in [2.05, 4.69) is 4.99 Å². The van der Waals surface area contributed by atoms with Gasteiger partial charge in [-0.3, -0.25) is 4.79 Å². The fourth-order valence-corrected chi connectivity index (χ4v) is 3.38. The first-order valence-electron chi connectivity index (χ1n) is 8.19. The van der Waals surface area contributed by atoms with Gasteiger partial charge in [-0.2, -0.15) is 0 Å². The molecule has 0 aliphatic carbocycles. The summed E-state index contributed by atoms with van der Waals surface area (Å²) in [4.78, 5) is 25.6. The minimum atomic E-state index is -1.29. The van der Waals surface area contributed by atoms with Gasteiger partial charge in [0.1, 0.15) is 11.5 Å². The molecule has 0 saturated heterocycles. The van der Waals surface area contributed by atoms with E-state index in [-0.39, 0.29) is 71.4 Å². The minimum absolute atomic E-state index is 0. The van der Waals surface area contributed by atoms with Crippen molar-refractivity contribution in [1.29, 1.82) is 0 Å². The van der Waals surface area contributed by atoms with Crippen molar-refractivity contribution in [3.8, 4) is 11.5 Å². The van der Waals surface area contributed by atoms with Crippen LogP contribution in [0, 0.1) is 0 Å². The Morgan fingerprint density at radius 2 is 1.59 bits per heavy atom. The molecule has 1 heterocycles. The number of rotatable bonds is 7. The second kappa shape index (κ2) is 12.1. The Hall–Kier alpha value is -0.840. The number of amides is 1. The molecule has 2 aromatic carbocycles. The van der Waals surface area contributed by atoms with E-state index < -0.39 is 22.5 Å². The van der Waals surface area contributed by atoms with E-state index in [0.29, 0.717) is 17.9 Å². The number of hydrogen-bond acceptors (Lipinski definition) is 7. The van der Waals surface area contributed by atoms with Crippen molar-refractivity contribution in [2.45, 2.75) is 24.1 Å². The summed E-state index contributed by atoms with van der Waals surface area (Å²) in [6.07, 6.45) is 0.621. The summed E-state index contributed by atoms with van der Waals surface area (Å²) in [5.41, 5.74) is 7.14. The van der Waals surface area contributed by atoms with Crippen LogP contribution >= 0.6 is 11.8 Å². The van der Waals surface area contributed by atoms with E-state index in [1.807, 2.05) is 12.1 Å². The largest absolute Gasteiger partial charge is 1.00 e. The topological polar surface area (TPSA) is 128 Å². The van der Waals surface area contributed by atoms with Gasteiger partial charge in [0.15, 0.2) is 0 Å². The van der Waals surface area contributed by atoms with E-state index in [1.54, 1.807) is 36.4 Å². The molecule has 0 spiro atoms. The van der Waals surface area contributed by atoms with Crippen molar-refractivity contribution in [3.63, 3.8) is 0 Å². The zero-order valence-electron chi connectivity index (χ0n) is 16.2. The molecule has 2 atom stereocenters. The molecule has 3 rings (SSSR count). The molecular formula is C19H16N2Na2O5S. The maximum Gasteiger partial charge on any atom is 1.00 e. The van der Waals surface area contributed by atoms with Gasteiger partial charge in [0.2, 0.25) is 0 Å². The van der Waals surface area contributed by atoms with Crippen LogP contribution < -0.4 is 79.8 Å². The van der Waals surface area contributed by atoms with Gasteiger partial charge in [0.25, 0.3) is 5.91 Å². The van der Waals surface area contributed by atoms with Crippen LogP contribution in [0.5, 0.6) is 11.5 Å². The zero-order valence-corrected chi connectivity index (χ0v) is 21.0. The van der Waals surface area contributed by atoms with Crippen LogP contribution in [-0.4, -0.2) is 28.4 Å². The number of aliphatic imine (C=N–C) groups is 1. The zero-order chi connectivity index (χ0) is 19.4. The molecule has 0 radical (unpaired) electrons. The van der Waals surface area contributed by atoms with E-state index in [9.17, 15) is 19.8 Å². The predicted molar refractivity (Wildman–Crippen MR) is 97.2 cm³/mol. The van der Waals surface area contributed by atoms with Gasteiger partial charge in [-0.05, 0) is 48.2 Å². The van der Waals surface area contributed by atoms with Crippen molar-refractivity contribution < 1.29 is 83.7 Å². The Balaban J connectivity index is 0.00000210. The number of carboxylic acids is 1. The summed E-state index contributed by atoms with van der Waals surface area (Å²) >= 11 is 0.947. The van der Waals surface area contributed by atoms with Gasteiger partial charge in [-0.15, -0.1) is 11.8 Å². The minimum Gasteiger partial charge on any atom is -0.854 e. The van der Waals surface area contributed by atoms with Crippen LogP contribution in [0.15, 0.2) is 53.5 Å². The molecule has 7 nitrogen and oxygen atoms in total. The van der Waals surface area contributed by atoms with Crippen LogP contribution in [0.3, 0.4) is 0 Å². The van der Waals surface area contributed by atoms with Gasteiger partial charge in [0.05, 0.1) is 11.2 Å². The molecule has 0 aromatic heterocycles. The summed E-state index contributed by atoms with van der Waals surface area (Å²) < 4.78 is 5.74. The van der Waals surface area contributed by atoms with E-state index >= 15 is 0 Å². The Labute approximate surface area is 216 Å². The SMILES string of the molecule is N[C@@H](Cc1ccc(Oc2ccc(CC3SC([O-])=NC3=O)cc2)cc1)C(=O)[O-].[Na+].[Na+]. The summed E-state index contributed by atoms with van der Waals surface area (Å²) in [6, 6.07) is 13.1. The molecule has 0 saturated carbocycles. The second-order valence-electron chi connectivity index (χ2n) is 6.05. The number of benzene rings is 2. The number of carbonyl (C=O) groups excluding carboxylic acids is 2. The number of aliphatic carboxylic acids is 1. The molecular weight excluding hydrogens is 414 g/mol. The summed E-state index contributed by atoms with van der Waals surface area (Å²) in [7, 11) is 0. The molecule has 1 unspecified atom stereocenters. The molecule has 140 valence electrons. The second-order valence-corrected chi connectivity index (χ2v) is 7.20. The smallest absolute Gasteiger partial charge is 0.854 e. The normalized spacial score (nSPS) is 16.2. The summed E-state index contributed by atoms with van der Waals surface area (Å²) in [6.45, 7) is 0. The van der Waals surface area contributed by atoms with Gasteiger partial charge >= 0.3 is 59.1 Å². The third-order valence-corrected chi connectivity index (χ3v) is 4.93. The fraction of sp³-hybridized carbons (Fsp3) is 0.211. The molecule has 1 aliphatic rings. The van der Waals surface area contributed by atoms with Crippen molar-refractivity contribution in [3.05, 3.63) is 59.7 Å². The fourth-order valence-electron chi connectivity index (χ4n) is 2.56. The number of nitrogens with zero attached hydrogens (tertiary/aromatic N) is 1. The van der Waals surface area contributed by atoms with Crippen LogP contribution in [0.1, 0.15) is 11.1 Å². The Bertz CT molecular complexity index is 875. The predicted octanol–water partition coefficient (Wildman–Crippen LogP) is -5.99. The third kappa shape index (κ3) is 7.73. The number of carboxylic acid groups (broad SMARTS) is 1. The molecule has 1 aliphatic heterocycles. The van der Waals surface area contributed by atoms with Crippen molar-refractivity contribution in [1.82, 2.24) is 0 Å². The number of ether oxygens (including phenoxy) is 1. The number of nitrogens with two attached hydrogens (primary N) is 1. The number of hydrogen-bond donors (Lipinski definition) is 1. The summed E-state index contributed by atoms with van der Waals surface area (Å²) in [5, 5.41) is 20.9. The molecule has 0 bridgehead atoms. The van der Waals surface area contributed by atoms with Crippen molar-refractivity contribution in [2.24, 2.45) is 10.7 Å². The van der Waals surface area contributed by atoms with Crippen LogP contribution in [0.25, 0.3) is 0 Å². The average molecular weight is 430 g/mol. The van der Waals surface area contributed by atoms with Crippen molar-refractivity contribution >= 4 is 28.9 Å². The molecule has 10 heteroatoms. The van der Waals surface area contributed by atoms with Gasteiger partial charge in [-0.1, -0.05) is 24.3 Å². The standard InChI is InChI=1S/C19H18N2O5S.2Na/c20-15(18(23)24)9-11-1-5-13(6-2-11)26-14-7-3-12(4-8-14)10-16-17(22)21-19(25)27-16;;/h1-8,15-16H,9-10,20H2,(H,23,24)(H,21,22,25);;/q;2*+1/p-2/t15-,16?;;/m0../s1. The van der Waals surface area contributed by atoms with Crippen LogP contribution in [-0.2, 0) is 22.4 Å². The van der Waals surface area contributed by atoms with Crippen LogP contribution in [0.4, 0.5) is 0 Å². The molecule has 1 amide bonds. The van der Waals surface area contributed by atoms with E-state index in [4.69, 9.17) is 10.5 Å². The monoisotopic (exact) mass is 430 g/mol. The first kappa shape index (κ1) is 26.2. The van der Waals surface area contributed by atoms with Gasteiger partial charge in [-0.25, -0.2) is 4.99 Å². The molecule has 2 N–H and O–H groups in total. The van der Waals surface area contributed by atoms with E-state index in [0.717, 1.165) is 22.9 Å². The Kier molecular flexibility index (Phi) is 10.9. The maximum absolute atomic E-state index is 11.6. The summed E-state index contributed by atoms with van der Waals surface area (Å²) in [5.74, 6) is -0.460. The first-order chi connectivity index (χ1) is 12.9. The average Bonchev–Trinajstić information content (AvgIpc) is 2.95. The quantitative estimate of drug-likeness (QED) is 0.433. The molecule has 29 heavy (non-hydrogen) atoms. The van der Waals surface area contributed by atoms with Crippen molar-refractivity contribution in [2.75, 3.05) is 0 Å². The molecule has 2 aromatic rings. The number of thioether (sulfide) groups is 1. The van der Waals surface area contributed by atoms with Gasteiger partial charge in [0, 0.05) is 11.3 Å².